The molecule has 0 bridgehead atoms. The largest absolute Gasteiger partial charge is 0.328 e. The van der Waals surface area contributed by atoms with Gasteiger partial charge in [0, 0.05) is 37.7 Å². The normalized spacial score (nSPS) is 18.1. The third-order valence-electron chi connectivity index (χ3n) is 3.50. The highest BCUT2D eigenvalue weighted by molar-refractivity contribution is 5.92. The number of pyridine rings is 1. The number of nitrogens with zero attached hydrogens (tertiary/aromatic N) is 3. The minimum absolute atomic E-state index is 0. The van der Waals surface area contributed by atoms with E-state index < -0.39 is 0 Å². The average Bonchev–Trinajstić information content (AvgIpc) is 2.94. The lowest BCUT2D eigenvalue weighted by molar-refractivity contribution is 0.0628. The summed E-state index contributed by atoms with van der Waals surface area (Å²) in [4.78, 5) is 18.6. The third kappa shape index (κ3) is 3.22. The molecule has 2 N–H and O–H groups in total. The van der Waals surface area contributed by atoms with Crippen LogP contribution in [-0.4, -0.2) is 45.6 Å². The Hall–Kier alpha value is -1.92. The molecule has 6 nitrogen and oxygen atoms in total. The van der Waals surface area contributed by atoms with Crippen LogP contribution in [0.4, 0.5) is 0 Å². The van der Waals surface area contributed by atoms with Gasteiger partial charge in [0.2, 0.25) is 0 Å². The Morgan fingerprint density at radius 1 is 1.48 bits per heavy atom. The SMILES string of the molecule is Cc1cc(C(=O)N2CCNCC2c2cccnc2)n[nH]1.Cl. The standard InChI is InChI=1S/C14H17N5O.ClH/c1-10-7-12(18-17-10)14(20)19-6-5-16-9-13(19)11-3-2-4-15-8-11;/h2-4,7-8,13,16H,5-6,9H2,1H3,(H,17,18);1H. The fourth-order valence-electron chi connectivity index (χ4n) is 2.49. The van der Waals surface area contributed by atoms with Gasteiger partial charge in [0.25, 0.3) is 5.91 Å². The highest BCUT2D eigenvalue weighted by atomic mass is 35.5. The van der Waals surface area contributed by atoms with Gasteiger partial charge in [-0.05, 0) is 24.6 Å². The second-order valence-electron chi connectivity index (χ2n) is 4.94. The summed E-state index contributed by atoms with van der Waals surface area (Å²) < 4.78 is 0. The number of aryl methyl sites for hydroxylation is 1. The molecular formula is C14H18ClN5O. The predicted molar refractivity (Wildman–Crippen MR) is 81.5 cm³/mol. The number of hydrogen-bond acceptors (Lipinski definition) is 4. The van der Waals surface area contributed by atoms with Gasteiger partial charge in [-0.1, -0.05) is 6.07 Å². The average molecular weight is 308 g/mol. The van der Waals surface area contributed by atoms with Crippen LogP contribution in [0.15, 0.2) is 30.6 Å². The quantitative estimate of drug-likeness (QED) is 0.877. The molecule has 1 unspecified atom stereocenters. The molecule has 0 radical (unpaired) electrons. The second kappa shape index (κ2) is 6.69. The second-order valence-corrected chi connectivity index (χ2v) is 4.94. The number of halogens is 1. The number of nitrogens with one attached hydrogen (secondary N) is 2. The van der Waals surface area contributed by atoms with Crippen molar-refractivity contribution in [3.05, 3.63) is 47.5 Å². The minimum Gasteiger partial charge on any atom is -0.328 e. The van der Waals surface area contributed by atoms with E-state index in [1.165, 1.54) is 0 Å². The third-order valence-corrected chi connectivity index (χ3v) is 3.50. The summed E-state index contributed by atoms with van der Waals surface area (Å²) in [6.45, 7) is 4.09. The van der Waals surface area contributed by atoms with Crippen LogP contribution in [0, 0.1) is 6.92 Å². The Balaban J connectivity index is 0.00000161. The van der Waals surface area contributed by atoms with Crippen LogP contribution in [0.25, 0.3) is 0 Å². The van der Waals surface area contributed by atoms with Gasteiger partial charge in [0.1, 0.15) is 5.69 Å². The molecule has 0 aromatic carbocycles. The summed E-state index contributed by atoms with van der Waals surface area (Å²) in [6, 6.07) is 5.68. The van der Waals surface area contributed by atoms with Gasteiger partial charge in [0.05, 0.1) is 6.04 Å². The molecule has 1 aliphatic rings. The van der Waals surface area contributed by atoms with Crippen molar-refractivity contribution < 1.29 is 4.79 Å². The molecular weight excluding hydrogens is 290 g/mol. The molecule has 7 heteroatoms. The molecule has 1 fully saturated rings. The highest BCUT2D eigenvalue weighted by Gasteiger charge is 2.29. The Morgan fingerprint density at radius 2 is 2.33 bits per heavy atom. The summed E-state index contributed by atoms with van der Waals surface area (Å²) >= 11 is 0. The number of hydrogen-bond donors (Lipinski definition) is 2. The van der Waals surface area contributed by atoms with Gasteiger partial charge in [-0.3, -0.25) is 14.9 Å². The van der Waals surface area contributed by atoms with Crippen LogP contribution in [0.2, 0.25) is 0 Å². The zero-order valence-electron chi connectivity index (χ0n) is 11.7. The van der Waals surface area contributed by atoms with E-state index in [0.29, 0.717) is 12.2 Å². The molecule has 2 aromatic heterocycles. The Kier molecular flexibility index (Phi) is 4.93. The summed E-state index contributed by atoms with van der Waals surface area (Å²) in [5.74, 6) is -0.0373. The van der Waals surface area contributed by atoms with Gasteiger partial charge < -0.3 is 10.2 Å². The number of carbonyl (C=O) groups is 1. The molecule has 21 heavy (non-hydrogen) atoms. The molecule has 3 heterocycles. The van der Waals surface area contributed by atoms with Crippen molar-refractivity contribution in [3.63, 3.8) is 0 Å². The summed E-state index contributed by atoms with van der Waals surface area (Å²) in [5, 5.41) is 10.2. The first-order chi connectivity index (χ1) is 9.75. The molecule has 3 rings (SSSR count). The minimum atomic E-state index is -0.0373. The van der Waals surface area contributed by atoms with Crippen LogP contribution in [0.1, 0.15) is 27.8 Å². The van der Waals surface area contributed by atoms with Crippen molar-refractivity contribution in [2.75, 3.05) is 19.6 Å². The van der Waals surface area contributed by atoms with Gasteiger partial charge in [-0.25, -0.2) is 0 Å². The Bertz CT molecular complexity index is 600. The monoisotopic (exact) mass is 307 g/mol. The van der Waals surface area contributed by atoms with Crippen molar-refractivity contribution in [1.29, 1.82) is 0 Å². The molecule has 0 spiro atoms. The zero-order valence-corrected chi connectivity index (χ0v) is 12.6. The Morgan fingerprint density at radius 3 is 3.00 bits per heavy atom. The van der Waals surface area contributed by atoms with E-state index in [9.17, 15) is 4.79 Å². The number of aromatic nitrogens is 3. The maximum Gasteiger partial charge on any atom is 0.274 e. The lowest BCUT2D eigenvalue weighted by atomic mass is 10.0. The van der Waals surface area contributed by atoms with E-state index >= 15 is 0 Å². The number of aromatic amines is 1. The van der Waals surface area contributed by atoms with E-state index in [4.69, 9.17) is 0 Å². The van der Waals surface area contributed by atoms with Gasteiger partial charge >= 0.3 is 0 Å². The van der Waals surface area contributed by atoms with E-state index in [2.05, 4.69) is 20.5 Å². The topological polar surface area (TPSA) is 73.9 Å². The van der Waals surface area contributed by atoms with Crippen LogP contribution in [0.3, 0.4) is 0 Å². The lowest BCUT2D eigenvalue weighted by Crippen LogP contribution is -2.48. The van der Waals surface area contributed by atoms with Crippen LogP contribution < -0.4 is 5.32 Å². The van der Waals surface area contributed by atoms with Crippen molar-refractivity contribution in [2.45, 2.75) is 13.0 Å². The molecule has 112 valence electrons. The van der Waals surface area contributed by atoms with Gasteiger partial charge in [-0.2, -0.15) is 5.10 Å². The molecule has 1 saturated heterocycles. The number of H-pyrrole nitrogens is 1. The first-order valence-electron chi connectivity index (χ1n) is 6.69. The van der Waals surface area contributed by atoms with Gasteiger partial charge in [0.15, 0.2) is 0 Å². The molecule has 1 atom stereocenters. The van der Waals surface area contributed by atoms with Crippen LogP contribution in [-0.2, 0) is 0 Å². The molecule has 0 saturated carbocycles. The molecule has 1 aliphatic heterocycles. The van der Waals surface area contributed by atoms with Crippen molar-refractivity contribution in [1.82, 2.24) is 25.4 Å². The molecule has 1 amide bonds. The predicted octanol–water partition coefficient (Wildman–Crippen LogP) is 1.32. The van der Waals surface area contributed by atoms with E-state index in [1.54, 1.807) is 12.3 Å². The van der Waals surface area contributed by atoms with Crippen molar-refractivity contribution >= 4 is 18.3 Å². The maximum atomic E-state index is 12.6. The first kappa shape index (κ1) is 15.5. The van der Waals surface area contributed by atoms with Crippen LogP contribution >= 0.6 is 12.4 Å². The van der Waals surface area contributed by atoms with E-state index in [0.717, 1.165) is 24.3 Å². The number of piperazine rings is 1. The van der Waals surface area contributed by atoms with E-state index in [-0.39, 0.29) is 24.4 Å². The number of amides is 1. The zero-order chi connectivity index (χ0) is 13.9. The smallest absolute Gasteiger partial charge is 0.274 e. The summed E-state index contributed by atoms with van der Waals surface area (Å²) in [6.07, 6.45) is 3.55. The lowest BCUT2D eigenvalue weighted by Gasteiger charge is -2.35. The summed E-state index contributed by atoms with van der Waals surface area (Å²) in [7, 11) is 0. The van der Waals surface area contributed by atoms with E-state index in [1.807, 2.05) is 30.2 Å². The number of carbonyl (C=O) groups excluding carboxylic acids is 1. The highest BCUT2D eigenvalue weighted by Crippen LogP contribution is 2.23. The summed E-state index contributed by atoms with van der Waals surface area (Å²) in [5.41, 5.74) is 2.40. The number of rotatable bonds is 2. The maximum absolute atomic E-state index is 12.6. The first-order valence-corrected chi connectivity index (χ1v) is 6.69. The Labute approximate surface area is 129 Å². The van der Waals surface area contributed by atoms with Crippen molar-refractivity contribution in [3.8, 4) is 0 Å². The van der Waals surface area contributed by atoms with Crippen molar-refractivity contribution in [2.24, 2.45) is 0 Å². The molecule has 2 aromatic rings. The molecule has 0 aliphatic carbocycles. The van der Waals surface area contributed by atoms with Crippen LogP contribution in [0.5, 0.6) is 0 Å². The van der Waals surface area contributed by atoms with Gasteiger partial charge in [-0.15, -0.1) is 12.4 Å². The fraction of sp³-hybridized carbons (Fsp3) is 0.357. The fourth-order valence-corrected chi connectivity index (χ4v) is 2.49.